The second kappa shape index (κ2) is 8.26. The van der Waals surface area contributed by atoms with Gasteiger partial charge in [-0.3, -0.25) is 9.36 Å². The van der Waals surface area contributed by atoms with Crippen LogP contribution in [0.5, 0.6) is 5.75 Å². The van der Waals surface area contributed by atoms with Crippen molar-refractivity contribution in [2.45, 2.75) is 55.8 Å². The van der Waals surface area contributed by atoms with Crippen LogP contribution in [0.2, 0.25) is 0 Å². The number of rotatable bonds is 6. The van der Waals surface area contributed by atoms with Crippen LogP contribution >= 0.6 is 11.8 Å². The standard InChI is InChI=1S/C21H27N5O2S/c27-19(22-17-10-13-28-18-7-3-2-6-16(17)18)14-29-21-24-23-20(26(21)15-8-9-15)25-11-4-1-5-12-25/h2-3,6-7,15,17H,1,4-5,8-14H2,(H,22,27). The number of anilines is 1. The smallest absolute Gasteiger partial charge is 0.230 e. The maximum absolute atomic E-state index is 12.7. The quantitative estimate of drug-likeness (QED) is 0.733. The molecule has 0 bridgehead atoms. The Morgan fingerprint density at radius 2 is 1.97 bits per heavy atom. The van der Waals surface area contributed by atoms with E-state index in [2.05, 4.69) is 25.0 Å². The third-order valence-corrected chi connectivity index (χ3v) is 6.77. The zero-order valence-electron chi connectivity index (χ0n) is 16.5. The molecule has 0 radical (unpaired) electrons. The Morgan fingerprint density at radius 1 is 1.14 bits per heavy atom. The zero-order valence-corrected chi connectivity index (χ0v) is 17.4. The number of benzene rings is 1. The van der Waals surface area contributed by atoms with E-state index in [9.17, 15) is 4.79 Å². The Labute approximate surface area is 175 Å². The first-order valence-corrected chi connectivity index (χ1v) is 11.6. The lowest BCUT2D eigenvalue weighted by atomic mass is 10.0. The highest BCUT2D eigenvalue weighted by Gasteiger charge is 2.32. The molecule has 5 rings (SSSR count). The van der Waals surface area contributed by atoms with Gasteiger partial charge in [0.1, 0.15) is 5.75 Å². The van der Waals surface area contributed by atoms with E-state index >= 15 is 0 Å². The molecule has 1 unspecified atom stereocenters. The molecule has 3 heterocycles. The highest BCUT2D eigenvalue weighted by atomic mass is 32.2. The van der Waals surface area contributed by atoms with Crippen LogP contribution in [0, 0.1) is 0 Å². The zero-order chi connectivity index (χ0) is 19.6. The molecule has 2 aliphatic heterocycles. The molecule has 154 valence electrons. The number of aromatic nitrogens is 3. The van der Waals surface area contributed by atoms with Gasteiger partial charge in [0.25, 0.3) is 0 Å². The van der Waals surface area contributed by atoms with Crippen LogP contribution in [-0.2, 0) is 4.79 Å². The van der Waals surface area contributed by atoms with Crippen LogP contribution in [0.3, 0.4) is 0 Å². The fraction of sp³-hybridized carbons (Fsp3) is 0.571. The van der Waals surface area contributed by atoms with Gasteiger partial charge in [-0.25, -0.2) is 0 Å². The van der Waals surface area contributed by atoms with E-state index in [1.165, 1.54) is 43.9 Å². The van der Waals surface area contributed by atoms with E-state index in [0.29, 0.717) is 18.4 Å². The van der Waals surface area contributed by atoms with E-state index in [0.717, 1.165) is 41.9 Å². The van der Waals surface area contributed by atoms with Crippen LogP contribution in [-0.4, -0.2) is 46.1 Å². The number of nitrogens with one attached hydrogen (secondary N) is 1. The fourth-order valence-electron chi connectivity index (χ4n) is 4.19. The summed E-state index contributed by atoms with van der Waals surface area (Å²) in [4.78, 5) is 15.0. The summed E-state index contributed by atoms with van der Waals surface area (Å²) in [5, 5.41) is 13.0. The number of carbonyl (C=O) groups excluding carboxylic acids is 1. The first-order valence-electron chi connectivity index (χ1n) is 10.6. The summed E-state index contributed by atoms with van der Waals surface area (Å²) in [7, 11) is 0. The van der Waals surface area contributed by atoms with Gasteiger partial charge in [0.15, 0.2) is 5.16 Å². The van der Waals surface area contributed by atoms with E-state index in [4.69, 9.17) is 4.74 Å². The molecule has 1 aliphatic carbocycles. The van der Waals surface area contributed by atoms with Crippen molar-refractivity contribution in [3.8, 4) is 5.75 Å². The minimum Gasteiger partial charge on any atom is -0.493 e. The van der Waals surface area contributed by atoms with Crippen LogP contribution in [0.15, 0.2) is 29.4 Å². The average molecular weight is 414 g/mol. The number of hydrogen-bond acceptors (Lipinski definition) is 6. The molecule has 29 heavy (non-hydrogen) atoms. The van der Waals surface area contributed by atoms with Gasteiger partial charge >= 0.3 is 0 Å². The van der Waals surface area contributed by atoms with E-state index in [-0.39, 0.29) is 11.9 Å². The highest BCUT2D eigenvalue weighted by molar-refractivity contribution is 7.99. The molecule has 8 heteroatoms. The van der Waals surface area contributed by atoms with Crippen molar-refractivity contribution in [1.29, 1.82) is 0 Å². The van der Waals surface area contributed by atoms with Gasteiger partial charge in [-0.1, -0.05) is 30.0 Å². The molecule has 2 aromatic rings. The molecule has 1 saturated heterocycles. The number of amides is 1. The summed E-state index contributed by atoms with van der Waals surface area (Å²) in [6, 6.07) is 8.45. The Balaban J connectivity index is 1.24. The number of carbonyl (C=O) groups is 1. The summed E-state index contributed by atoms with van der Waals surface area (Å²) in [5.41, 5.74) is 1.06. The fourth-order valence-corrected chi connectivity index (χ4v) is 5.00. The summed E-state index contributed by atoms with van der Waals surface area (Å²) >= 11 is 1.50. The van der Waals surface area contributed by atoms with Crippen LogP contribution in [0.4, 0.5) is 5.95 Å². The Bertz CT molecular complexity index is 876. The third-order valence-electron chi connectivity index (χ3n) is 5.82. The van der Waals surface area contributed by atoms with Crippen LogP contribution < -0.4 is 15.0 Å². The Hall–Kier alpha value is -2.22. The lowest BCUT2D eigenvalue weighted by Crippen LogP contribution is -2.33. The number of fused-ring (bicyclic) bond motifs is 1. The van der Waals surface area contributed by atoms with Crippen molar-refractivity contribution in [3.05, 3.63) is 29.8 Å². The largest absolute Gasteiger partial charge is 0.493 e. The number of nitrogens with zero attached hydrogens (tertiary/aromatic N) is 4. The van der Waals surface area contributed by atoms with Crippen molar-refractivity contribution in [3.63, 3.8) is 0 Å². The summed E-state index contributed by atoms with van der Waals surface area (Å²) in [6.07, 6.45) is 6.88. The SMILES string of the molecule is O=C(CSc1nnc(N2CCCCC2)n1C1CC1)NC1CCOc2ccccc21. The molecule has 1 atom stereocenters. The first kappa shape index (κ1) is 18.8. The third kappa shape index (κ3) is 4.08. The Kier molecular flexibility index (Phi) is 5.35. The van der Waals surface area contributed by atoms with Crippen LogP contribution in [0.1, 0.15) is 56.2 Å². The molecule has 1 aromatic heterocycles. The van der Waals surface area contributed by atoms with Crippen molar-refractivity contribution in [2.24, 2.45) is 0 Å². The molecule has 0 spiro atoms. The predicted octanol–water partition coefficient (Wildman–Crippen LogP) is 3.34. The second-order valence-electron chi connectivity index (χ2n) is 8.02. The first-order chi connectivity index (χ1) is 14.3. The van der Waals surface area contributed by atoms with E-state index in [1.54, 1.807) is 0 Å². The normalized spacial score (nSPS) is 21.4. The van der Waals surface area contributed by atoms with Gasteiger partial charge in [0, 0.05) is 31.1 Å². The monoisotopic (exact) mass is 413 g/mol. The molecule has 1 amide bonds. The molecule has 2 fully saturated rings. The minimum atomic E-state index is 0.0123. The second-order valence-corrected chi connectivity index (χ2v) is 8.96. The van der Waals surface area contributed by atoms with E-state index in [1.807, 2.05) is 24.3 Å². The topological polar surface area (TPSA) is 72.3 Å². The van der Waals surface area contributed by atoms with Gasteiger partial charge in [-0.05, 0) is 38.2 Å². The van der Waals surface area contributed by atoms with Gasteiger partial charge < -0.3 is 15.0 Å². The molecule has 1 N–H and O–H groups in total. The maximum Gasteiger partial charge on any atom is 0.230 e. The summed E-state index contributed by atoms with van der Waals surface area (Å²) in [6.45, 7) is 2.74. The number of thioether (sulfide) groups is 1. The number of ether oxygens (including phenoxy) is 1. The molecule has 7 nitrogen and oxygen atoms in total. The summed E-state index contributed by atoms with van der Waals surface area (Å²) in [5.74, 6) is 2.25. The van der Waals surface area contributed by atoms with Crippen molar-refractivity contribution in [1.82, 2.24) is 20.1 Å². The molecule has 1 aromatic carbocycles. The van der Waals surface area contributed by atoms with Gasteiger partial charge in [-0.15, -0.1) is 10.2 Å². The predicted molar refractivity (Wildman–Crippen MR) is 113 cm³/mol. The molecular formula is C21H27N5O2S. The lowest BCUT2D eigenvalue weighted by molar-refractivity contribution is -0.119. The minimum absolute atomic E-state index is 0.0123. The van der Waals surface area contributed by atoms with Crippen LogP contribution in [0.25, 0.3) is 0 Å². The lowest BCUT2D eigenvalue weighted by Gasteiger charge is -2.28. The van der Waals surface area contributed by atoms with Crippen molar-refractivity contribution < 1.29 is 9.53 Å². The van der Waals surface area contributed by atoms with Gasteiger partial charge in [0.05, 0.1) is 18.4 Å². The summed E-state index contributed by atoms with van der Waals surface area (Å²) < 4.78 is 7.96. The average Bonchev–Trinajstić information content (AvgIpc) is 3.52. The van der Waals surface area contributed by atoms with Gasteiger partial charge in [-0.2, -0.15) is 0 Å². The Morgan fingerprint density at radius 3 is 2.79 bits per heavy atom. The molecular weight excluding hydrogens is 386 g/mol. The molecule has 1 saturated carbocycles. The van der Waals surface area contributed by atoms with Crippen molar-refractivity contribution in [2.75, 3.05) is 30.3 Å². The molecule has 3 aliphatic rings. The van der Waals surface area contributed by atoms with Crippen molar-refractivity contribution >= 4 is 23.6 Å². The highest BCUT2D eigenvalue weighted by Crippen LogP contribution is 2.41. The maximum atomic E-state index is 12.7. The van der Waals surface area contributed by atoms with E-state index < -0.39 is 0 Å². The van der Waals surface area contributed by atoms with Gasteiger partial charge in [0.2, 0.25) is 11.9 Å². The number of para-hydroxylation sites is 1. The number of hydrogen-bond donors (Lipinski definition) is 1. The number of piperidine rings is 1.